The highest BCUT2D eigenvalue weighted by atomic mass is 16.5. The van der Waals surface area contributed by atoms with Crippen LogP contribution < -0.4 is 0 Å². The molecule has 5 heteroatoms. The molecule has 0 radical (unpaired) electrons. The summed E-state index contributed by atoms with van der Waals surface area (Å²) in [6.45, 7) is 12.7. The summed E-state index contributed by atoms with van der Waals surface area (Å²) in [6.07, 6.45) is 1.90. The van der Waals surface area contributed by atoms with Gasteiger partial charge in [0.05, 0.1) is 30.6 Å². The van der Waals surface area contributed by atoms with Crippen LogP contribution in [0, 0.1) is 0 Å². The van der Waals surface area contributed by atoms with Gasteiger partial charge in [0.2, 0.25) is 0 Å². The summed E-state index contributed by atoms with van der Waals surface area (Å²) in [5, 5.41) is 0. The van der Waals surface area contributed by atoms with E-state index >= 15 is 0 Å². The lowest BCUT2D eigenvalue weighted by Gasteiger charge is -2.36. The highest BCUT2D eigenvalue weighted by Crippen LogP contribution is 2.11. The molecule has 2 heterocycles. The first-order valence-electron chi connectivity index (χ1n) is 8.68. The van der Waals surface area contributed by atoms with Gasteiger partial charge in [-0.2, -0.15) is 0 Å². The number of hydrogen-bond donors (Lipinski definition) is 0. The first-order valence-corrected chi connectivity index (χ1v) is 8.68. The molecule has 0 saturated carbocycles. The van der Waals surface area contributed by atoms with Crippen LogP contribution in [0.1, 0.15) is 13.8 Å². The fourth-order valence-electron chi connectivity index (χ4n) is 3.15. The molecule has 1 aliphatic rings. The van der Waals surface area contributed by atoms with Crippen LogP contribution in [0.15, 0.2) is 30.6 Å². The van der Waals surface area contributed by atoms with Gasteiger partial charge in [-0.25, -0.2) is 4.98 Å². The van der Waals surface area contributed by atoms with E-state index in [9.17, 15) is 0 Å². The van der Waals surface area contributed by atoms with E-state index in [4.69, 9.17) is 4.74 Å². The molecule has 0 unspecified atom stereocenters. The number of hydrogen-bond acceptors (Lipinski definition) is 4. The van der Waals surface area contributed by atoms with Gasteiger partial charge in [-0.3, -0.25) is 9.80 Å². The minimum absolute atomic E-state index is 0.665. The van der Waals surface area contributed by atoms with E-state index in [1.54, 1.807) is 0 Å². The molecular formula is C18H28N4O. The zero-order valence-corrected chi connectivity index (χ0v) is 14.3. The molecule has 1 aromatic carbocycles. The zero-order valence-electron chi connectivity index (χ0n) is 14.3. The van der Waals surface area contributed by atoms with E-state index in [1.807, 2.05) is 18.5 Å². The second kappa shape index (κ2) is 7.90. The molecule has 1 fully saturated rings. The number of aromatic nitrogens is 2. The normalized spacial score (nSPS) is 17.3. The number of rotatable bonds is 7. The molecule has 5 nitrogen and oxygen atoms in total. The number of benzene rings is 1. The smallest absolute Gasteiger partial charge is 0.0959 e. The Morgan fingerprint density at radius 2 is 1.78 bits per heavy atom. The molecule has 126 valence electrons. The molecule has 1 aromatic heterocycles. The van der Waals surface area contributed by atoms with Crippen LogP contribution in [0.5, 0.6) is 0 Å². The van der Waals surface area contributed by atoms with Gasteiger partial charge < -0.3 is 9.30 Å². The van der Waals surface area contributed by atoms with Crippen molar-refractivity contribution < 1.29 is 4.74 Å². The number of imidazole rings is 1. The molecular weight excluding hydrogens is 288 g/mol. The summed E-state index contributed by atoms with van der Waals surface area (Å²) in [5.41, 5.74) is 2.23. The summed E-state index contributed by atoms with van der Waals surface area (Å²) < 4.78 is 7.99. The molecule has 0 aliphatic carbocycles. The monoisotopic (exact) mass is 316 g/mol. The summed E-state index contributed by atoms with van der Waals surface area (Å²) in [4.78, 5) is 9.46. The van der Waals surface area contributed by atoms with Crippen molar-refractivity contribution in [1.82, 2.24) is 19.4 Å². The van der Waals surface area contributed by atoms with Crippen LogP contribution >= 0.6 is 0 Å². The molecule has 0 amide bonds. The lowest BCUT2D eigenvalue weighted by Crippen LogP contribution is -2.49. The Hall–Kier alpha value is -1.43. The number of ether oxygens (including phenoxy) is 1. The van der Waals surface area contributed by atoms with Crippen molar-refractivity contribution in [3.63, 3.8) is 0 Å². The van der Waals surface area contributed by atoms with Gasteiger partial charge in [-0.15, -0.1) is 0 Å². The minimum atomic E-state index is 0.665. The van der Waals surface area contributed by atoms with Crippen LogP contribution in [-0.4, -0.2) is 71.3 Å². The fourth-order valence-corrected chi connectivity index (χ4v) is 3.15. The highest BCUT2D eigenvalue weighted by molar-refractivity contribution is 5.74. The van der Waals surface area contributed by atoms with Crippen molar-refractivity contribution in [2.45, 2.75) is 26.4 Å². The van der Waals surface area contributed by atoms with Crippen molar-refractivity contribution in [3.8, 4) is 0 Å². The van der Waals surface area contributed by atoms with Crippen LogP contribution in [0.4, 0.5) is 0 Å². The maximum absolute atomic E-state index is 5.83. The molecule has 0 spiro atoms. The third kappa shape index (κ3) is 4.31. The summed E-state index contributed by atoms with van der Waals surface area (Å²) >= 11 is 0. The second-order valence-electron chi connectivity index (χ2n) is 6.51. The second-order valence-corrected chi connectivity index (χ2v) is 6.51. The van der Waals surface area contributed by atoms with Crippen molar-refractivity contribution >= 4 is 11.0 Å². The Morgan fingerprint density at radius 3 is 2.57 bits per heavy atom. The maximum Gasteiger partial charge on any atom is 0.0959 e. The van der Waals surface area contributed by atoms with Crippen LogP contribution in [0.3, 0.4) is 0 Å². The van der Waals surface area contributed by atoms with E-state index in [1.165, 1.54) is 18.6 Å². The van der Waals surface area contributed by atoms with Gasteiger partial charge in [0, 0.05) is 45.3 Å². The van der Waals surface area contributed by atoms with Crippen LogP contribution in [0.2, 0.25) is 0 Å². The number of nitrogens with zero attached hydrogens (tertiary/aromatic N) is 4. The van der Waals surface area contributed by atoms with E-state index in [0.29, 0.717) is 6.04 Å². The van der Waals surface area contributed by atoms with Crippen molar-refractivity contribution in [1.29, 1.82) is 0 Å². The Labute approximate surface area is 138 Å². The van der Waals surface area contributed by atoms with E-state index in [2.05, 4.69) is 45.3 Å². The summed E-state index contributed by atoms with van der Waals surface area (Å²) in [5.74, 6) is 0. The van der Waals surface area contributed by atoms with Gasteiger partial charge >= 0.3 is 0 Å². The predicted molar refractivity (Wildman–Crippen MR) is 93.7 cm³/mol. The van der Waals surface area contributed by atoms with Gasteiger partial charge in [0.15, 0.2) is 0 Å². The third-order valence-electron chi connectivity index (χ3n) is 4.69. The lowest BCUT2D eigenvalue weighted by atomic mass is 10.2. The van der Waals surface area contributed by atoms with Gasteiger partial charge in [0.1, 0.15) is 0 Å². The standard InChI is InChI=1S/C18H28N4O/c1-16(2)21-9-7-20(8-10-21)11-13-23-14-12-22-15-19-17-5-3-4-6-18(17)22/h3-6,15-16H,7-14H2,1-2H3. The number of piperazine rings is 1. The average Bonchev–Trinajstić information content (AvgIpc) is 2.98. The Balaban J connectivity index is 1.33. The third-order valence-corrected chi connectivity index (χ3v) is 4.69. The quantitative estimate of drug-likeness (QED) is 0.732. The maximum atomic E-state index is 5.83. The first kappa shape index (κ1) is 16.4. The largest absolute Gasteiger partial charge is 0.378 e. The van der Waals surface area contributed by atoms with E-state index in [-0.39, 0.29) is 0 Å². The molecule has 1 saturated heterocycles. The average molecular weight is 316 g/mol. The van der Waals surface area contributed by atoms with Crippen molar-refractivity contribution in [2.75, 3.05) is 45.9 Å². The topological polar surface area (TPSA) is 33.5 Å². The van der Waals surface area contributed by atoms with Crippen molar-refractivity contribution in [3.05, 3.63) is 30.6 Å². The molecule has 2 aromatic rings. The molecule has 0 bridgehead atoms. The van der Waals surface area contributed by atoms with E-state index < -0.39 is 0 Å². The lowest BCUT2D eigenvalue weighted by molar-refractivity contribution is 0.0642. The Morgan fingerprint density at radius 1 is 1.04 bits per heavy atom. The Kier molecular flexibility index (Phi) is 5.65. The van der Waals surface area contributed by atoms with Gasteiger partial charge in [-0.05, 0) is 26.0 Å². The molecule has 0 atom stereocenters. The Bertz CT molecular complexity index is 602. The van der Waals surface area contributed by atoms with Crippen LogP contribution in [0.25, 0.3) is 11.0 Å². The highest BCUT2D eigenvalue weighted by Gasteiger charge is 2.18. The first-order chi connectivity index (χ1) is 11.2. The summed E-state index contributed by atoms with van der Waals surface area (Å²) in [6, 6.07) is 8.89. The minimum Gasteiger partial charge on any atom is -0.378 e. The molecule has 0 N–H and O–H groups in total. The van der Waals surface area contributed by atoms with Crippen LogP contribution in [-0.2, 0) is 11.3 Å². The molecule has 23 heavy (non-hydrogen) atoms. The zero-order chi connectivity index (χ0) is 16.1. The number of fused-ring (bicyclic) bond motifs is 1. The van der Waals surface area contributed by atoms with Gasteiger partial charge in [0.25, 0.3) is 0 Å². The summed E-state index contributed by atoms with van der Waals surface area (Å²) in [7, 11) is 0. The number of para-hydroxylation sites is 2. The molecule has 3 rings (SSSR count). The fraction of sp³-hybridized carbons (Fsp3) is 0.611. The van der Waals surface area contributed by atoms with Crippen molar-refractivity contribution in [2.24, 2.45) is 0 Å². The van der Waals surface area contributed by atoms with Gasteiger partial charge in [-0.1, -0.05) is 12.1 Å². The predicted octanol–water partition coefficient (Wildman–Crippen LogP) is 2.08. The van der Waals surface area contributed by atoms with E-state index in [0.717, 1.165) is 44.9 Å². The molecule has 1 aliphatic heterocycles. The SMILES string of the molecule is CC(C)N1CCN(CCOCCn2cnc3ccccc32)CC1.